The lowest BCUT2D eigenvalue weighted by Crippen LogP contribution is -1.86. The van der Waals surface area contributed by atoms with E-state index in [1.807, 2.05) is 18.2 Å². The summed E-state index contributed by atoms with van der Waals surface area (Å²) in [4.78, 5) is 8.66. The molecule has 20 heavy (non-hydrogen) atoms. The Kier molecular flexibility index (Phi) is 4.98. The van der Waals surface area contributed by atoms with Gasteiger partial charge in [-0.15, -0.1) is 11.3 Å². The molecule has 3 nitrogen and oxygen atoms in total. The van der Waals surface area contributed by atoms with Gasteiger partial charge < -0.3 is 0 Å². The topological polar surface area (TPSA) is 48.6 Å². The highest BCUT2D eigenvalue weighted by Crippen LogP contribution is 2.29. The number of rotatable bonds is 4. The van der Waals surface area contributed by atoms with Gasteiger partial charge in [-0.3, -0.25) is 5.41 Å². The Labute approximate surface area is 126 Å². The largest absolute Gasteiger partial charge is 0.289 e. The molecule has 1 N–H and O–H groups in total. The van der Waals surface area contributed by atoms with E-state index in [2.05, 4.69) is 34.8 Å². The van der Waals surface area contributed by atoms with Gasteiger partial charge in [0.1, 0.15) is 6.34 Å². The van der Waals surface area contributed by atoms with Crippen molar-refractivity contribution in [3.05, 3.63) is 53.9 Å². The van der Waals surface area contributed by atoms with Crippen molar-refractivity contribution < 1.29 is 0 Å². The highest BCUT2D eigenvalue weighted by molar-refractivity contribution is 7.20. The van der Waals surface area contributed by atoms with Crippen molar-refractivity contribution in [3.8, 4) is 0 Å². The number of aliphatic imine (C=N–C) groups is 2. The standard InChI is InChI=1S/C15H12ClN3S/c1-2-5-12(9-18-15(16)19-10-17)14-8-11-6-3-4-7-13(11)20-14/h2-10,17H,1H2/b12-5-,17-10?,18-9?,19-15?. The molecule has 0 saturated carbocycles. The molecule has 0 saturated heterocycles. The summed E-state index contributed by atoms with van der Waals surface area (Å²) in [7, 11) is 0. The van der Waals surface area contributed by atoms with E-state index in [4.69, 9.17) is 17.0 Å². The van der Waals surface area contributed by atoms with Crippen molar-refractivity contribution in [1.82, 2.24) is 0 Å². The molecule has 0 spiro atoms. The average molecular weight is 302 g/mol. The summed E-state index contributed by atoms with van der Waals surface area (Å²) in [5.41, 5.74) is 0.902. The molecule has 5 heteroatoms. The van der Waals surface area contributed by atoms with E-state index in [9.17, 15) is 0 Å². The van der Waals surface area contributed by atoms with Crippen molar-refractivity contribution in [2.45, 2.75) is 0 Å². The van der Waals surface area contributed by atoms with Crippen LogP contribution in [0.15, 0.2) is 59.0 Å². The fourth-order valence-corrected chi connectivity index (χ4v) is 2.80. The van der Waals surface area contributed by atoms with E-state index in [0.29, 0.717) is 0 Å². The zero-order chi connectivity index (χ0) is 14.4. The molecule has 0 atom stereocenters. The number of hydrogen-bond donors (Lipinski definition) is 1. The fraction of sp³-hybridized carbons (Fsp3) is 0. The molecular weight excluding hydrogens is 290 g/mol. The predicted molar refractivity (Wildman–Crippen MR) is 90.6 cm³/mol. The number of allylic oxidation sites excluding steroid dienone is 3. The van der Waals surface area contributed by atoms with Gasteiger partial charge in [0.15, 0.2) is 0 Å². The second-order valence-electron chi connectivity index (χ2n) is 3.79. The van der Waals surface area contributed by atoms with E-state index in [1.54, 1.807) is 23.6 Å². The van der Waals surface area contributed by atoms with Gasteiger partial charge in [-0.25, -0.2) is 9.98 Å². The second kappa shape index (κ2) is 6.93. The Balaban J connectivity index is 2.38. The van der Waals surface area contributed by atoms with Crippen LogP contribution in [0.1, 0.15) is 4.88 Å². The molecule has 1 aromatic heterocycles. The van der Waals surface area contributed by atoms with Crippen molar-refractivity contribution in [2.24, 2.45) is 9.98 Å². The van der Waals surface area contributed by atoms with Crippen LogP contribution in [0.2, 0.25) is 0 Å². The fourth-order valence-electron chi connectivity index (χ4n) is 1.65. The van der Waals surface area contributed by atoms with E-state index < -0.39 is 0 Å². The van der Waals surface area contributed by atoms with Gasteiger partial charge in [0.05, 0.1) is 0 Å². The van der Waals surface area contributed by atoms with Gasteiger partial charge in [0, 0.05) is 21.4 Å². The highest BCUT2D eigenvalue weighted by atomic mass is 35.5. The molecule has 2 aromatic rings. The highest BCUT2D eigenvalue weighted by Gasteiger charge is 2.04. The Bertz CT molecular complexity index is 693. The van der Waals surface area contributed by atoms with Crippen LogP contribution in [-0.2, 0) is 0 Å². The number of hydrogen-bond acceptors (Lipinski definition) is 2. The van der Waals surface area contributed by atoms with Gasteiger partial charge in [-0.2, -0.15) is 0 Å². The van der Waals surface area contributed by atoms with E-state index in [0.717, 1.165) is 16.8 Å². The first-order valence-corrected chi connectivity index (χ1v) is 7.02. The van der Waals surface area contributed by atoms with Crippen molar-refractivity contribution in [2.75, 3.05) is 0 Å². The lowest BCUT2D eigenvalue weighted by atomic mass is 10.2. The van der Waals surface area contributed by atoms with Crippen LogP contribution in [0.25, 0.3) is 15.7 Å². The van der Waals surface area contributed by atoms with Crippen molar-refractivity contribution >= 4 is 56.4 Å². The van der Waals surface area contributed by atoms with Crippen molar-refractivity contribution in [3.63, 3.8) is 0 Å². The molecule has 0 aliphatic carbocycles. The Morgan fingerprint density at radius 3 is 2.85 bits per heavy atom. The monoisotopic (exact) mass is 301 g/mol. The zero-order valence-corrected chi connectivity index (χ0v) is 12.2. The number of nitrogens with zero attached hydrogens (tertiary/aromatic N) is 2. The van der Waals surface area contributed by atoms with Crippen LogP contribution in [0.4, 0.5) is 0 Å². The number of thiophene rings is 1. The third-order valence-electron chi connectivity index (χ3n) is 2.49. The minimum atomic E-state index is 0.0241. The normalized spacial score (nSPS) is 13.1. The zero-order valence-electron chi connectivity index (χ0n) is 10.6. The van der Waals surface area contributed by atoms with E-state index in [-0.39, 0.29) is 5.29 Å². The summed E-state index contributed by atoms with van der Waals surface area (Å²) in [5.74, 6) is 0. The molecule has 2 rings (SSSR count). The number of amidine groups is 1. The summed E-state index contributed by atoms with van der Waals surface area (Å²) in [6.45, 7) is 3.71. The maximum atomic E-state index is 6.84. The summed E-state index contributed by atoms with van der Waals surface area (Å²) >= 11 is 7.42. The summed E-state index contributed by atoms with van der Waals surface area (Å²) in [5, 5.41) is 8.05. The maximum absolute atomic E-state index is 6.84. The van der Waals surface area contributed by atoms with Gasteiger partial charge in [0.2, 0.25) is 5.29 Å². The number of nitrogens with one attached hydrogen (secondary N) is 1. The van der Waals surface area contributed by atoms with Crippen molar-refractivity contribution in [1.29, 1.82) is 5.41 Å². The van der Waals surface area contributed by atoms with E-state index in [1.165, 1.54) is 10.1 Å². The number of halogens is 1. The molecule has 1 heterocycles. The maximum Gasteiger partial charge on any atom is 0.223 e. The minimum absolute atomic E-state index is 0.0241. The molecule has 0 amide bonds. The quantitative estimate of drug-likeness (QED) is 0.367. The molecule has 0 aliphatic heterocycles. The molecular formula is C15H12ClN3S. The van der Waals surface area contributed by atoms with Gasteiger partial charge >= 0.3 is 0 Å². The van der Waals surface area contributed by atoms with Gasteiger partial charge in [0.25, 0.3) is 0 Å². The number of fused-ring (bicyclic) bond motifs is 1. The first kappa shape index (κ1) is 14.4. The molecule has 1 aromatic carbocycles. The molecule has 0 aliphatic rings. The smallest absolute Gasteiger partial charge is 0.223 e. The molecule has 0 radical (unpaired) electrons. The van der Waals surface area contributed by atoms with Crippen LogP contribution in [-0.4, -0.2) is 17.8 Å². The Morgan fingerprint density at radius 1 is 1.35 bits per heavy atom. The van der Waals surface area contributed by atoms with Crippen LogP contribution < -0.4 is 0 Å². The lowest BCUT2D eigenvalue weighted by Gasteiger charge is -1.95. The first-order chi connectivity index (χ1) is 9.74. The molecule has 100 valence electrons. The SMILES string of the molecule is C=C/C=C(/C=NC(Cl)=NC=N)c1cc2ccccc2s1. The number of benzene rings is 1. The van der Waals surface area contributed by atoms with Crippen LogP contribution in [0.5, 0.6) is 0 Å². The summed E-state index contributed by atoms with van der Waals surface area (Å²) in [6, 6.07) is 10.3. The van der Waals surface area contributed by atoms with Crippen LogP contribution >= 0.6 is 22.9 Å². The Hall–Kier alpha value is -2.04. The summed E-state index contributed by atoms with van der Waals surface area (Å²) in [6.07, 6.45) is 6.05. The first-order valence-electron chi connectivity index (χ1n) is 5.82. The third kappa shape index (κ3) is 3.50. The van der Waals surface area contributed by atoms with Crippen LogP contribution in [0.3, 0.4) is 0 Å². The average Bonchev–Trinajstić information content (AvgIpc) is 2.87. The molecule has 0 fully saturated rings. The Morgan fingerprint density at radius 2 is 2.15 bits per heavy atom. The van der Waals surface area contributed by atoms with E-state index >= 15 is 0 Å². The lowest BCUT2D eigenvalue weighted by molar-refractivity contribution is 1.51. The van der Waals surface area contributed by atoms with Gasteiger partial charge in [-0.1, -0.05) is 36.9 Å². The third-order valence-corrected chi connectivity index (χ3v) is 3.85. The summed E-state index contributed by atoms with van der Waals surface area (Å²) < 4.78 is 1.21. The van der Waals surface area contributed by atoms with Crippen LogP contribution in [0, 0.1) is 5.41 Å². The minimum Gasteiger partial charge on any atom is -0.289 e. The second-order valence-corrected chi connectivity index (χ2v) is 5.21. The van der Waals surface area contributed by atoms with Gasteiger partial charge in [-0.05, 0) is 29.1 Å². The molecule has 0 bridgehead atoms. The molecule has 0 unspecified atom stereocenters. The predicted octanol–water partition coefficient (Wildman–Crippen LogP) is 4.74.